The smallest absolute Gasteiger partial charge is 0.249 e. The molecule has 0 aliphatic heterocycles. The van der Waals surface area contributed by atoms with E-state index in [2.05, 4.69) is 20.2 Å². The second kappa shape index (κ2) is 7.81. The van der Waals surface area contributed by atoms with Crippen LogP contribution < -0.4 is 10.0 Å². The summed E-state index contributed by atoms with van der Waals surface area (Å²) in [5.74, 6) is 0.969. The Morgan fingerprint density at radius 2 is 2.15 bits per heavy atom. The van der Waals surface area contributed by atoms with Crippen molar-refractivity contribution in [3.05, 3.63) is 41.3 Å². The summed E-state index contributed by atoms with van der Waals surface area (Å²) in [7, 11) is -2.11. The molecule has 0 atom stereocenters. The zero-order chi connectivity index (χ0) is 18.6. The van der Waals surface area contributed by atoms with Gasteiger partial charge < -0.3 is 14.3 Å². The Morgan fingerprint density at radius 3 is 2.88 bits per heavy atom. The second-order valence-electron chi connectivity index (χ2n) is 5.19. The van der Waals surface area contributed by atoms with Gasteiger partial charge in [0.05, 0.1) is 12.8 Å². The maximum absolute atomic E-state index is 11.9. The van der Waals surface area contributed by atoms with E-state index < -0.39 is 10.0 Å². The van der Waals surface area contributed by atoms with E-state index in [0.717, 1.165) is 16.2 Å². The molecule has 0 spiro atoms. The molecule has 138 valence electrons. The highest BCUT2D eigenvalue weighted by atomic mass is 32.2. The number of amides is 1. The number of carbonyl (C=O) groups is 1. The van der Waals surface area contributed by atoms with Crippen molar-refractivity contribution in [1.29, 1.82) is 0 Å². The van der Waals surface area contributed by atoms with Crippen LogP contribution in [0.3, 0.4) is 0 Å². The maximum atomic E-state index is 11.9. The number of thiophene rings is 1. The summed E-state index contributed by atoms with van der Waals surface area (Å²) in [6.07, 6.45) is 1.98. The Hall–Kier alpha value is -2.50. The molecule has 0 aromatic carbocycles. The van der Waals surface area contributed by atoms with Crippen molar-refractivity contribution in [2.45, 2.75) is 23.6 Å². The van der Waals surface area contributed by atoms with Crippen LogP contribution in [0.4, 0.5) is 0 Å². The van der Waals surface area contributed by atoms with Gasteiger partial charge in [0.25, 0.3) is 0 Å². The fourth-order valence-corrected chi connectivity index (χ4v) is 4.19. The summed E-state index contributed by atoms with van der Waals surface area (Å²) in [4.78, 5) is 16.8. The molecule has 0 aliphatic rings. The summed E-state index contributed by atoms with van der Waals surface area (Å²) in [5.41, 5.74) is 0. The molecule has 0 radical (unpaired) electrons. The molecule has 0 unspecified atom stereocenters. The van der Waals surface area contributed by atoms with Crippen LogP contribution in [0.5, 0.6) is 0 Å². The van der Waals surface area contributed by atoms with E-state index >= 15 is 0 Å². The van der Waals surface area contributed by atoms with Gasteiger partial charge in [-0.2, -0.15) is 4.98 Å². The SMILES string of the molecule is CNS(=O)(=O)c1ccc(CNC(=O)CCc2nc(-c3ccco3)no2)s1. The van der Waals surface area contributed by atoms with Crippen molar-refractivity contribution in [3.8, 4) is 11.6 Å². The molecule has 11 heteroatoms. The Labute approximate surface area is 153 Å². The van der Waals surface area contributed by atoms with Gasteiger partial charge in [0.2, 0.25) is 27.6 Å². The standard InChI is InChI=1S/C15H16N4O5S2/c1-16-26(21,22)14-7-4-10(25-14)9-17-12(20)5-6-13-18-15(19-24-13)11-3-2-8-23-11/h2-4,7-8,16H,5-6,9H2,1H3,(H,17,20). The molecule has 0 aliphatic carbocycles. The molecule has 26 heavy (non-hydrogen) atoms. The molecular weight excluding hydrogens is 380 g/mol. The fourth-order valence-electron chi connectivity index (χ4n) is 2.06. The molecule has 2 N–H and O–H groups in total. The van der Waals surface area contributed by atoms with E-state index in [1.54, 1.807) is 18.2 Å². The number of nitrogens with zero attached hydrogens (tertiary/aromatic N) is 2. The molecule has 3 aromatic rings. The van der Waals surface area contributed by atoms with Crippen LogP contribution in [0.2, 0.25) is 0 Å². The zero-order valence-electron chi connectivity index (χ0n) is 13.8. The van der Waals surface area contributed by atoms with E-state index in [9.17, 15) is 13.2 Å². The lowest BCUT2D eigenvalue weighted by atomic mass is 10.3. The lowest BCUT2D eigenvalue weighted by Crippen LogP contribution is -2.22. The monoisotopic (exact) mass is 396 g/mol. The molecule has 1 amide bonds. The van der Waals surface area contributed by atoms with E-state index in [1.807, 2.05) is 0 Å². The van der Waals surface area contributed by atoms with Crippen LogP contribution in [0.25, 0.3) is 11.6 Å². The van der Waals surface area contributed by atoms with Crippen LogP contribution in [0.1, 0.15) is 17.2 Å². The number of hydrogen-bond donors (Lipinski definition) is 2. The Kier molecular flexibility index (Phi) is 5.49. The Morgan fingerprint density at radius 1 is 1.31 bits per heavy atom. The third kappa shape index (κ3) is 4.36. The number of rotatable bonds is 8. The van der Waals surface area contributed by atoms with Crippen molar-refractivity contribution in [2.75, 3.05) is 7.05 Å². The van der Waals surface area contributed by atoms with Crippen LogP contribution in [-0.4, -0.2) is 31.5 Å². The predicted octanol–water partition coefficient (Wildman–Crippen LogP) is 1.55. The number of sulfonamides is 1. The van der Waals surface area contributed by atoms with Crippen molar-refractivity contribution >= 4 is 27.3 Å². The van der Waals surface area contributed by atoms with Gasteiger partial charge >= 0.3 is 0 Å². The number of hydrogen-bond acceptors (Lipinski definition) is 8. The van der Waals surface area contributed by atoms with Gasteiger partial charge in [-0.15, -0.1) is 11.3 Å². The highest BCUT2D eigenvalue weighted by molar-refractivity contribution is 7.91. The van der Waals surface area contributed by atoms with Gasteiger partial charge in [0.1, 0.15) is 4.21 Å². The highest BCUT2D eigenvalue weighted by Crippen LogP contribution is 2.21. The van der Waals surface area contributed by atoms with Gasteiger partial charge in [-0.3, -0.25) is 4.79 Å². The fraction of sp³-hybridized carbons (Fsp3) is 0.267. The van der Waals surface area contributed by atoms with Crippen LogP contribution in [0, 0.1) is 0 Å². The van der Waals surface area contributed by atoms with Crippen molar-refractivity contribution in [2.24, 2.45) is 0 Å². The number of aromatic nitrogens is 2. The third-order valence-electron chi connectivity index (χ3n) is 3.41. The molecule has 3 aromatic heterocycles. The van der Waals surface area contributed by atoms with E-state index in [4.69, 9.17) is 8.94 Å². The molecule has 0 saturated heterocycles. The predicted molar refractivity (Wildman–Crippen MR) is 92.7 cm³/mol. The average Bonchev–Trinajstić information content (AvgIpc) is 3.39. The lowest BCUT2D eigenvalue weighted by molar-refractivity contribution is -0.121. The van der Waals surface area contributed by atoms with Gasteiger partial charge in [0.15, 0.2) is 5.76 Å². The Bertz CT molecular complexity index is 976. The van der Waals surface area contributed by atoms with E-state index in [1.165, 1.54) is 19.4 Å². The highest BCUT2D eigenvalue weighted by Gasteiger charge is 2.15. The zero-order valence-corrected chi connectivity index (χ0v) is 15.4. The average molecular weight is 396 g/mol. The van der Waals surface area contributed by atoms with E-state index in [0.29, 0.717) is 23.9 Å². The summed E-state index contributed by atoms with van der Waals surface area (Å²) >= 11 is 1.11. The quantitative estimate of drug-likeness (QED) is 0.591. The maximum Gasteiger partial charge on any atom is 0.249 e. The van der Waals surface area contributed by atoms with Crippen molar-refractivity contribution in [1.82, 2.24) is 20.2 Å². The summed E-state index contributed by atoms with van der Waals surface area (Å²) in [6, 6.07) is 6.61. The molecular formula is C15H16N4O5S2. The molecule has 9 nitrogen and oxygen atoms in total. The molecule has 3 rings (SSSR count). The third-order valence-corrected chi connectivity index (χ3v) is 6.40. The summed E-state index contributed by atoms with van der Waals surface area (Å²) in [6.45, 7) is 0.254. The molecule has 3 heterocycles. The van der Waals surface area contributed by atoms with E-state index in [-0.39, 0.29) is 23.1 Å². The first kappa shape index (κ1) is 18.3. The summed E-state index contributed by atoms with van der Waals surface area (Å²) in [5, 5.41) is 6.53. The first-order valence-corrected chi connectivity index (χ1v) is 9.93. The minimum absolute atomic E-state index is 0.173. The normalized spacial score (nSPS) is 11.6. The van der Waals surface area contributed by atoms with Gasteiger partial charge in [-0.1, -0.05) is 5.16 Å². The van der Waals surface area contributed by atoms with Gasteiger partial charge in [-0.25, -0.2) is 13.1 Å². The minimum Gasteiger partial charge on any atom is -0.461 e. The van der Waals surface area contributed by atoms with Crippen molar-refractivity contribution < 1.29 is 22.2 Å². The van der Waals surface area contributed by atoms with Crippen LogP contribution in [0.15, 0.2) is 43.7 Å². The largest absolute Gasteiger partial charge is 0.461 e. The van der Waals surface area contributed by atoms with Crippen LogP contribution >= 0.6 is 11.3 Å². The molecule has 0 bridgehead atoms. The van der Waals surface area contributed by atoms with Gasteiger partial charge in [-0.05, 0) is 31.3 Å². The van der Waals surface area contributed by atoms with Crippen LogP contribution in [-0.2, 0) is 27.8 Å². The number of aryl methyl sites for hydroxylation is 1. The lowest BCUT2D eigenvalue weighted by Gasteiger charge is -2.02. The Balaban J connectivity index is 1.48. The van der Waals surface area contributed by atoms with Gasteiger partial charge in [0, 0.05) is 17.7 Å². The second-order valence-corrected chi connectivity index (χ2v) is 8.48. The molecule has 0 fully saturated rings. The first-order valence-electron chi connectivity index (χ1n) is 7.63. The molecule has 0 saturated carbocycles. The number of nitrogens with one attached hydrogen (secondary N) is 2. The number of furan rings is 1. The first-order chi connectivity index (χ1) is 12.5. The topological polar surface area (TPSA) is 127 Å². The minimum atomic E-state index is -3.46. The number of carbonyl (C=O) groups excluding carboxylic acids is 1. The van der Waals surface area contributed by atoms with Crippen molar-refractivity contribution in [3.63, 3.8) is 0 Å². The summed E-state index contributed by atoms with van der Waals surface area (Å²) < 4.78 is 36.1.